The first kappa shape index (κ1) is 17.7. The molecule has 6 heteroatoms. The monoisotopic (exact) mass is 330 g/mol. The third-order valence-electron chi connectivity index (χ3n) is 3.27. The highest BCUT2D eigenvalue weighted by molar-refractivity contribution is 5.94. The average Bonchev–Trinajstić information content (AvgIpc) is 2.62. The van der Waals surface area contributed by atoms with Gasteiger partial charge < -0.3 is 19.9 Å². The number of ether oxygens (including phenoxy) is 2. The van der Waals surface area contributed by atoms with E-state index in [0.29, 0.717) is 43.2 Å². The lowest BCUT2D eigenvalue weighted by Crippen LogP contribution is -2.25. The van der Waals surface area contributed by atoms with Crippen LogP contribution in [0.15, 0.2) is 42.7 Å². The Balaban J connectivity index is 2.06. The van der Waals surface area contributed by atoms with Crippen molar-refractivity contribution in [3.8, 4) is 11.5 Å². The van der Waals surface area contributed by atoms with E-state index in [2.05, 4.69) is 10.3 Å². The van der Waals surface area contributed by atoms with Crippen molar-refractivity contribution >= 4 is 5.91 Å². The van der Waals surface area contributed by atoms with Gasteiger partial charge in [0.15, 0.2) is 11.5 Å². The largest absolute Gasteiger partial charge is 0.490 e. The molecule has 0 saturated heterocycles. The second kappa shape index (κ2) is 9.52. The fourth-order valence-electron chi connectivity index (χ4n) is 2.06. The summed E-state index contributed by atoms with van der Waals surface area (Å²) in [6, 6.07) is 8.85. The summed E-state index contributed by atoms with van der Waals surface area (Å²) in [5.41, 5.74) is 1.49. The number of carbonyl (C=O) groups is 1. The number of carbonyl (C=O) groups excluding carboxylic acids is 1. The molecule has 0 aliphatic rings. The van der Waals surface area contributed by atoms with E-state index in [9.17, 15) is 4.79 Å². The highest BCUT2D eigenvalue weighted by Crippen LogP contribution is 2.29. The number of nitrogens with zero attached hydrogens (tertiary/aromatic N) is 1. The summed E-state index contributed by atoms with van der Waals surface area (Å²) >= 11 is 0. The molecule has 0 saturated carbocycles. The maximum atomic E-state index is 12.1. The Bertz CT molecular complexity index is 647. The van der Waals surface area contributed by atoms with Crippen molar-refractivity contribution < 1.29 is 19.4 Å². The highest BCUT2D eigenvalue weighted by atomic mass is 16.5. The molecule has 1 heterocycles. The zero-order chi connectivity index (χ0) is 17.2. The molecule has 128 valence electrons. The molecule has 0 unspecified atom stereocenters. The van der Waals surface area contributed by atoms with Gasteiger partial charge in [-0.15, -0.1) is 0 Å². The number of nitrogens with one attached hydrogen (secondary N) is 1. The quantitative estimate of drug-likeness (QED) is 0.689. The molecule has 1 aromatic heterocycles. The van der Waals surface area contributed by atoms with E-state index in [1.807, 2.05) is 19.1 Å². The van der Waals surface area contributed by atoms with Crippen LogP contribution in [0.5, 0.6) is 11.5 Å². The molecular formula is C18H22N2O4. The van der Waals surface area contributed by atoms with E-state index < -0.39 is 0 Å². The lowest BCUT2D eigenvalue weighted by molar-refractivity contribution is 0.0950. The van der Waals surface area contributed by atoms with E-state index in [-0.39, 0.29) is 12.5 Å². The van der Waals surface area contributed by atoms with Gasteiger partial charge in [0.2, 0.25) is 0 Å². The Labute approximate surface area is 141 Å². The number of hydrogen-bond acceptors (Lipinski definition) is 5. The van der Waals surface area contributed by atoms with Crippen LogP contribution >= 0.6 is 0 Å². The van der Waals surface area contributed by atoms with Gasteiger partial charge >= 0.3 is 0 Å². The van der Waals surface area contributed by atoms with E-state index in [0.717, 1.165) is 5.56 Å². The van der Waals surface area contributed by atoms with E-state index in [4.69, 9.17) is 14.6 Å². The maximum Gasteiger partial charge on any atom is 0.251 e. The van der Waals surface area contributed by atoms with Crippen LogP contribution in [-0.2, 0) is 6.61 Å². The molecule has 0 aliphatic heterocycles. The molecule has 0 aliphatic carbocycles. The second-order valence-electron chi connectivity index (χ2n) is 5.07. The van der Waals surface area contributed by atoms with E-state index in [1.165, 1.54) is 0 Å². The standard InChI is InChI=1S/C18H22N2O4/c1-2-23-17-12-15(18(22)20-8-3-11-21)4-5-16(17)24-13-14-6-9-19-10-7-14/h4-7,9-10,12,21H,2-3,8,11,13H2,1H3,(H,20,22). The van der Waals surface area contributed by atoms with Gasteiger partial charge in [-0.3, -0.25) is 9.78 Å². The maximum absolute atomic E-state index is 12.1. The minimum Gasteiger partial charge on any atom is -0.490 e. The van der Waals surface area contributed by atoms with Crippen LogP contribution < -0.4 is 14.8 Å². The summed E-state index contributed by atoms with van der Waals surface area (Å²) in [4.78, 5) is 16.0. The molecule has 0 bridgehead atoms. The zero-order valence-electron chi connectivity index (χ0n) is 13.7. The van der Waals surface area contributed by atoms with Crippen molar-refractivity contribution in [2.75, 3.05) is 19.8 Å². The molecule has 2 N–H and O–H groups in total. The average molecular weight is 330 g/mol. The van der Waals surface area contributed by atoms with Crippen molar-refractivity contribution in [1.29, 1.82) is 0 Å². The summed E-state index contributed by atoms with van der Waals surface area (Å²) in [7, 11) is 0. The first-order valence-corrected chi connectivity index (χ1v) is 7.92. The first-order valence-electron chi connectivity index (χ1n) is 7.92. The van der Waals surface area contributed by atoms with Crippen molar-refractivity contribution in [2.45, 2.75) is 20.0 Å². The van der Waals surface area contributed by atoms with Crippen LogP contribution in [-0.4, -0.2) is 35.8 Å². The number of amides is 1. The number of aliphatic hydroxyl groups is 1. The SMILES string of the molecule is CCOc1cc(C(=O)NCCCO)ccc1OCc1ccncc1. The molecular weight excluding hydrogens is 308 g/mol. The Morgan fingerprint density at radius 3 is 2.67 bits per heavy atom. The molecule has 2 rings (SSSR count). The molecule has 0 radical (unpaired) electrons. The van der Waals surface area contributed by atoms with Crippen molar-refractivity contribution in [2.24, 2.45) is 0 Å². The third-order valence-corrected chi connectivity index (χ3v) is 3.27. The van der Waals surface area contributed by atoms with E-state index in [1.54, 1.807) is 30.6 Å². The van der Waals surface area contributed by atoms with Gasteiger partial charge in [-0.1, -0.05) is 0 Å². The van der Waals surface area contributed by atoms with Crippen molar-refractivity contribution in [3.63, 3.8) is 0 Å². The van der Waals surface area contributed by atoms with Crippen molar-refractivity contribution in [1.82, 2.24) is 10.3 Å². The number of benzene rings is 1. The van der Waals surface area contributed by atoms with Gasteiger partial charge in [-0.05, 0) is 49.2 Å². The third kappa shape index (κ3) is 5.24. The number of aliphatic hydroxyl groups excluding tert-OH is 1. The Kier molecular flexibility index (Phi) is 7.04. The second-order valence-corrected chi connectivity index (χ2v) is 5.07. The van der Waals surface area contributed by atoms with Crippen LogP contribution in [0.3, 0.4) is 0 Å². The molecule has 0 fully saturated rings. The molecule has 6 nitrogen and oxygen atoms in total. The van der Waals surface area contributed by atoms with E-state index >= 15 is 0 Å². The normalized spacial score (nSPS) is 10.2. The van der Waals surface area contributed by atoms with Crippen molar-refractivity contribution in [3.05, 3.63) is 53.9 Å². The first-order chi connectivity index (χ1) is 11.7. The van der Waals surface area contributed by atoms with Crippen LogP contribution in [0.25, 0.3) is 0 Å². The van der Waals surface area contributed by atoms with Gasteiger partial charge in [0.05, 0.1) is 6.61 Å². The number of rotatable bonds is 9. The predicted molar refractivity (Wildman–Crippen MR) is 90.2 cm³/mol. The van der Waals surface area contributed by atoms with Crippen LogP contribution in [0, 0.1) is 0 Å². The lowest BCUT2D eigenvalue weighted by Gasteiger charge is -2.13. The lowest BCUT2D eigenvalue weighted by atomic mass is 10.2. The predicted octanol–water partition coefficient (Wildman–Crippen LogP) is 2.17. The zero-order valence-corrected chi connectivity index (χ0v) is 13.7. The van der Waals surface area contributed by atoms with Gasteiger partial charge in [-0.2, -0.15) is 0 Å². The summed E-state index contributed by atoms with van der Waals surface area (Å²) in [6.45, 7) is 3.22. The van der Waals surface area contributed by atoms with Crippen LogP contribution in [0.4, 0.5) is 0 Å². The van der Waals surface area contributed by atoms with Crippen LogP contribution in [0.2, 0.25) is 0 Å². The molecule has 2 aromatic rings. The van der Waals surface area contributed by atoms with Gasteiger partial charge in [-0.25, -0.2) is 0 Å². The highest BCUT2D eigenvalue weighted by Gasteiger charge is 2.11. The minimum atomic E-state index is -0.204. The Morgan fingerprint density at radius 1 is 1.17 bits per heavy atom. The summed E-state index contributed by atoms with van der Waals surface area (Å²) in [6.07, 6.45) is 3.95. The van der Waals surface area contributed by atoms with Gasteiger partial charge in [0.25, 0.3) is 5.91 Å². The Morgan fingerprint density at radius 2 is 1.96 bits per heavy atom. The topological polar surface area (TPSA) is 80.7 Å². The minimum absolute atomic E-state index is 0.0479. The van der Waals surface area contributed by atoms with Gasteiger partial charge in [0.1, 0.15) is 6.61 Å². The molecule has 1 amide bonds. The number of hydrogen-bond donors (Lipinski definition) is 2. The fourth-order valence-corrected chi connectivity index (χ4v) is 2.06. The summed E-state index contributed by atoms with van der Waals surface area (Å²) < 4.78 is 11.4. The van der Waals surface area contributed by atoms with Gasteiger partial charge in [0, 0.05) is 31.1 Å². The summed E-state index contributed by atoms with van der Waals surface area (Å²) in [5.74, 6) is 0.909. The Hall–Kier alpha value is -2.60. The molecule has 24 heavy (non-hydrogen) atoms. The summed E-state index contributed by atoms with van der Waals surface area (Å²) in [5, 5.41) is 11.5. The number of aromatic nitrogens is 1. The molecule has 1 aromatic carbocycles. The molecule has 0 atom stereocenters. The molecule has 0 spiro atoms. The fraction of sp³-hybridized carbons (Fsp3) is 0.333. The van der Waals surface area contributed by atoms with Crippen LogP contribution in [0.1, 0.15) is 29.3 Å². The number of pyridine rings is 1. The smallest absolute Gasteiger partial charge is 0.251 e.